The van der Waals surface area contributed by atoms with E-state index in [0.29, 0.717) is 30.8 Å². The number of ether oxygens (including phenoxy) is 1. The zero-order chi connectivity index (χ0) is 23.5. The zero-order valence-electron chi connectivity index (χ0n) is 20.7. The fraction of sp³-hybridized carbons (Fsp3) is 0.750. The molecule has 0 unspecified atom stereocenters. The van der Waals surface area contributed by atoms with Gasteiger partial charge in [0.2, 0.25) is 0 Å². The summed E-state index contributed by atoms with van der Waals surface area (Å²) >= 11 is 0. The molecule has 0 amide bonds. The predicted octanol–water partition coefficient (Wildman–Crippen LogP) is 4.65. The zero-order valence-corrected chi connectivity index (χ0v) is 20.7. The highest BCUT2D eigenvalue weighted by Crippen LogP contribution is 2.64. The van der Waals surface area contributed by atoms with Crippen LogP contribution in [0.3, 0.4) is 0 Å². The number of hydrogen-bond acceptors (Lipinski definition) is 5. The van der Waals surface area contributed by atoms with Gasteiger partial charge in [-0.25, -0.2) is 0 Å². The molecule has 6 nitrogen and oxygen atoms in total. The third kappa shape index (κ3) is 3.63. The number of hydrogen-bond donors (Lipinski definition) is 1. The lowest BCUT2D eigenvalue weighted by molar-refractivity contribution is -0.137. The molecule has 0 radical (unpaired) electrons. The van der Waals surface area contributed by atoms with Crippen LogP contribution in [0, 0.1) is 40.9 Å². The van der Waals surface area contributed by atoms with Gasteiger partial charge in [0.25, 0.3) is 0 Å². The van der Waals surface area contributed by atoms with E-state index in [2.05, 4.69) is 17.1 Å². The van der Waals surface area contributed by atoms with E-state index in [1.807, 2.05) is 24.3 Å². The van der Waals surface area contributed by atoms with Gasteiger partial charge in [-0.3, -0.25) is 4.79 Å². The van der Waals surface area contributed by atoms with Gasteiger partial charge < -0.3 is 9.84 Å². The average Bonchev–Trinajstić information content (AvgIpc) is 3.38. The Bertz CT molecular complexity index is 1040. The van der Waals surface area contributed by atoms with Crippen LogP contribution in [-0.2, 0) is 16.1 Å². The van der Waals surface area contributed by atoms with E-state index in [9.17, 15) is 9.90 Å². The summed E-state index contributed by atoms with van der Waals surface area (Å²) in [5.74, 6) is 4.01. The molecule has 0 spiro atoms. The molecule has 6 heteroatoms. The maximum absolute atomic E-state index is 13.5. The summed E-state index contributed by atoms with van der Waals surface area (Å²) in [4.78, 5) is 15.1. The van der Waals surface area contributed by atoms with Crippen molar-refractivity contribution >= 4 is 16.8 Å². The number of carbonyl (C=O) groups excluding carboxylic acids is 1. The van der Waals surface area contributed by atoms with Gasteiger partial charge in [-0.2, -0.15) is 15.0 Å². The maximum atomic E-state index is 13.5. The van der Waals surface area contributed by atoms with Crippen LogP contribution < -0.4 is 0 Å². The highest BCUT2D eigenvalue weighted by molar-refractivity contribution is 5.82. The van der Waals surface area contributed by atoms with Gasteiger partial charge >= 0.3 is 0 Å². The Morgan fingerprint density at radius 1 is 1.03 bits per heavy atom. The molecule has 0 aliphatic heterocycles. The van der Waals surface area contributed by atoms with Gasteiger partial charge in [0.1, 0.15) is 17.6 Å². The van der Waals surface area contributed by atoms with Crippen molar-refractivity contribution in [1.29, 1.82) is 0 Å². The van der Waals surface area contributed by atoms with Gasteiger partial charge in [-0.1, -0.05) is 19.1 Å². The normalized spacial score (nSPS) is 41.6. The number of ketones is 1. The fourth-order valence-electron chi connectivity index (χ4n) is 9.12. The van der Waals surface area contributed by atoms with Crippen molar-refractivity contribution in [2.75, 3.05) is 13.7 Å². The van der Waals surface area contributed by atoms with Gasteiger partial charge in [0, 0.05) is 13.0 Å². The molecule has 0 bridgehead atoms. The van der Waals surface area contributed by atoms with Crippen molar-refractivity contribution < 1.29 is 14.6 Å². The standard InChI is InChI=1S/C28H39N3O3/c1-27-13-11-20-19-12-14-28(33,17-34-2)15-18(19)7-8-21(20)22(27)9-10-23(27)26(32)16-31-29-24-5-3-4-6-25(24)30-31/h3-6,18-23,33H,7-17H2,1-2H3/t18-,19-,20+,21+,22-,23-,27-,28+/m0/s1. The van der Waals surface area contributed by atoms with E-state index in [1.165, 1.54) is 25.7 Å². The lowest BCUT2D eigenvalue weighted by Gasteiger charge is -2.57. The number of aromatic nitrogens is 3. The molecule has 8 atom stereocenters. The molecule has 2 aromatic rings. The molecule has 1 N–H and O–H groups in total. The van der Waals surface area contributed by atoms with Crippen LogP contribution in [0.1, 0.15) is 64.7 Å². The first-order valence-electron chi connectivity index (χ1n) is 13.4. The van der Waals surface area contributed by atoms with Gasteiger partial charge in [-0.05, 0) is 105 Å². The molecule has 0 saturated heterocycles. The van der Waals surface area contributed by atoms with Crippen molar-refractivity contribution in [3.8, 4) is 0 Å². The number of fused-ring (bicyclic) bond motifs is 6. The van der Waals surface area contributed by atoms with Crippen molar-refractivity contribution in [3.63, 3.8) is 0 Å². The highest BCUT2D eigenvalue weighted by atomic mass is 16.5. The Balaban J connectivity index is 1.16. The number of benzene rings is 1. The first kappa shape index (κ1) is 22.7. The summed E-state index contributed by atoms with van der Waals surface area (Å²) in [6, 6.07) is 7.83. The summed E-state index contributed by atoms with van der Waals surface area (Å²) in [6.45, 7) is 3.18. The lowest BCUT2D eigenvalue weighted by atomic mass is 9.49. The van der Waals surface area contributed by atoms with Crippen molar-refractivity contribution in [2.24, 2.45) is 40.9 Å². The van der Waals surface area contributed by atoms with E-state index in [0.717, 1.165) is 60.9 Å². The SMILES string of the molecule is COC[C@@]1(O)CC[C@H]2[C@@H](CC[C@@H]3[C@@H]2CC[C@]2(C)[C@H](C(=O)Cn4nc5ccccc5n4)CC[C@@H]32)C1. The first-order chi connectivity index (χ1) is 16.4. The van der Waals surface area contributed by atoms with E-state index >= 15 is 0 Å². The molecule has 4 aliphatic carbocycles. The second kappa shape index (κ2) is 8.41. The second-order valence-corrected chi connectivity index (χ2v) is 12.2. The molecule has 4 fully saturated rings. The summed E-state index contributed by atoms with van der Waals surface area (Å²) in [7, 11) is 1.70. The smallest absolute Gasteiger partial charge is 0.159 e. The second-order valence-electron chi connectivity index (χ2n) is 12.2. The summed E-state index contributed by atoms with van der Waals surface area (Å²) in [5.41, 5.74) is 1.20. The number of nitrogens with zero attached hydrogens (tertiary/aromatic N) is 3. The van der Waals surface area contributed by atoms with Crippen LogP contribution in [0.25, 0.3) is 11.0 Å². The molecule has 184 valence electrons. The quantitative estimate of drug-likeness (QED) is 0.696. The van der Waals surface area contributed by atoms with Crippen molar-refractivity contribution in [3.05, 3.63) is 24.3 Å². The Hall–Kier alpha value is -1.79. The molecule has 6 rings (SSSR count). The number of carbonyl (C=O) groups is 1. The molecule has 4 aliphatic rings. The van der Waals surface area contributed by atoms with Crippen molar-refractivity contribution in [1.82, 2.24) is 15.0 Å². The first-order valence-corrected chi connectivity index (χ1v) is 13.4. The van der Waals surface area contributed by atoms with Gasteiger partial charge in [-0.15, -0.1) is 0 Å². The number of aliphatic hydroxyl groups is 1. The van der Waals surface area contributed by atoms with Crippen LogP contribution >= 0.6 is 0 Å². The van der Waals surface area contributed by atoms with Gasteiger partial charge in [0.05, 0.1) is 12.2 Å². The van der Waals surface area contributed by atoms with Gasteiger partial charge in [0.15, 0.2) is 5.78 Å². The average molecular weight is 466 g/mol. The molecule has 1 aromatic carbocycles. The summed E-state index contributed by atoms with van der Waals surface area (Å²) in [5, 5.41) is 20.1. The monoisotopic (exact) mass is 465 g/mol. The third-order valence-electron chi connectivity index (χ3n) is 10.5. The van der Waals surface area contributed by atoms with E-state index < -0.39 is 5.60 Å². The minimum atomic E-state index is -0.623. The van der Waals surface area contributed by atoms with Crippen LogP contribution in [0.2, 0.25) is 0 Å². The minimum Gasteiger partial charge on any atom is -0.387 e. The Kier molecular flexibility index (Phi) is 5.60. The topological polar surface area (TPSA) is 77.2 Å². The van der Waals surface area contributed by atoms with Crippen LogP contribution in [0.15, 0.2) is 24.3 Å². The predicted molar refractivity (Wildman–Crippen MR) is 130 cm³/mol. The van der Waals surface area contributed by atoms with Crippen LogP contribution in [-0.4, -0.2) is 45.2 Å². The summed E-state index contributed by atoms with van der Waals surface area (Å²) < 4.78 is 5.34. The van der Waals surface area contributed by atoms with Crippen LogP contribution in [0.4, 0.5) is 0 Å². The van der Waals surface area contributed by atoms with E-state index in [1.54, 1.807) is 11.9 Å². The van der Waals surface area contributed by atoms with Crippen molar-refractivity contribution in [2.45, 2.75) is 76.9 Å². The molecule has 1 aromatic heterocycles. The largest absolute Gasteiger partial charge is 0.387 e. The highest BCUT2D eigenvalue weighted by Gasteiger charge is 2.59. The number of methoxy groups -OCH3 is 1. The Morgan fingerprint density at radius 3 is 2.50 bits per heavy atom. The Morgan fingerprint density at radius 2 is 1.76 bits per heavy atom. The van der Waals surface area contributed by atoms with E-state index in [-0.39, 0.29) is 11.3 Å². The minimum absolute atomic E-state index is 0.114. The molecular weight excluding hydrogens is 426 g/mol. The van der Waals surface area contributed by atoms with E-state index in [4.69, 9.17) is 4.74 Å². The molecule has 4 saturated carbocycles. The summed E-state index contributed by atoms with van der Waals surface area (Å²) in [6.07, 6.45) is 10.0. The molecule has 1 heterocycles. The molecule has 34 heavy (non-hydrogen) atoms. The third-order valence-corrected chi connectivity index (χ3v) is 10.5. The molecular formula is C28H39N3O3. The fourth-order valence-corrected chi connectivity index (χ4v) is 9.12. The lowest BCUT2D eigenvalue weighted by Crippen LogP contribution is -2.52. The van der Waals surface area contributed by atoms with Crippen LogP contribution in [0.5, 0.6) is 0 Å². The number of Topliss-reactive ketones (excluding diaryl/α,β-unsaturated/α-hetero) is 1. The Labute approximate surface area is 202 Å². The maximum Gasteiger partial charge on any atom is 0.159 e. The number of rotatable bonds is 5.